The molecule has 0 amide bonds. The summed E-state index contributed by atoms with van der Waals surface area (Å²) in [6.45, 7) is 7.40. The molecule has 0 fully saturated rings. The largest absolute Gasteiger partial charge is 0.382 e. The molecule has 0 saturated heterocycles. The second-order valence-electron chi connectivity index (χ2n) is 4.60. The van der Waals surface area contributed by atoms with Crippen molar-refractivity contribution in [2.75, 3.05) is 33.5 Å². The van der Waals surface area contributed by atoms with Crippen LogP contribution in [0.25, 0.3) is 0 Å². The van der Waals surface area contributed by atoms with E-state index in [1.54, 1.807) is 7.11 Å². The monoisotopic (exact) mass is 265 g/mol. The maximum absolute atomic E-state index is 5.56. The van der Waals surface area contributed by atoms with Gasteiger partial charge in [0.2, 0.25) is 0 Å². The molecule has 1 atom stereocenters. The number of nitrogens with one attached hydrogen (secondary N) is 1. The molecule has 0 bridgehead atoms. The summed E-state index contributed by atoms with van der Waals surface area (Å²) in [6, 6.07) is 9.19. The van der Waals surface area contributed by atoms with Gasteiger partial charge in [0.25, 0.3) is 0 Å². The zero-order valence-corrected chi connectivity index (χ0v) is 12.4. The first-order valence-electron chi connectivity index (χ1n) is 7.20. The summed E-state index contributed by atoms with van der Waals surface area (Å²) < 4.78 is 10.5. The summed E-state index contributed by atoms with van der Waals surface area (Å²) in [6.07, 6.45) is 2.07. The Morgan fingerprint density at radius 2 is 2.00 bits per heavy atom. The Kier molecular flexibility index (Phi) is 8.47. The Bertz CT molecular complexity index is 341. The molecule has 3 heteroatoms. The van der Waals surface area contributed by atoms with Crippen molar-refractivity contribution in [1.82, 2.24) is 5.32 Å². The van der Waals surface area contributed by atoms with Crippen molar-refractivity contribution < 1.29 is 9.47 Å². The maximum atomic E-state index is 5.56. The highest BCUT2D eigenvalue weighted by Gasteiger charge is 2.10. The molecular weight excluding hydrogens is 238 g/mol. The van der Waals surface area contributed by atoms with Gasteiger partial charge in [-0.1, -0.05) is 38.1 Å². The lowest BCUT2D eigenvalue weighted by atomic mass is 10.0. The van der Waals surface area contributed by atoms with Crippen LogP contribution in [0.4, 0.5) is 0 Å². The van der Waals surface area contributed by atoms with Crippen LogP contribution in [-0.2, 0) is 15.9 Å². The topological polar surface area (TPSA) is 30.5 Å². The van der Waals surface area contributed by atoms with E-state index in [9.17, 15) is 0 Å². The SMILES string of the molecule is CCNC(CCOCCOC)c1cccc(CC)c1. The molecule has 0 aromatic heterocycles. The van der Waals surface area contributed by atoms with E-state index in [-0.39, 0.29) is 0 Å². The molecule has 1 unspecified atom stereocenters. The molecule has 0 radical (unpaired) electrons. The second kappa shape index (κ2) is 9.96. The van der Waals surface area contributed by atoms with Crippen molar-refractivity contribution in [2.24, 2.45) is 0 Å². The summed E-state index contributed by atoms with van der Waals surface area (Å²) >= 11 is 0. The van der Waals surface area contributed by atoms with Crippen LogP contribution < -0.4 is 5.32 Å². The zero-order chi connectivity index (χ0) is 13.9. The van der Waals surface area contributed by atoms with Gasteiger partial charge in [0.05, 0.1) is 13.2 Å². The van der Waals surface area contributed by atoms with Gasteiger partial charge in [0, 0.05) is 19.8 Å². The van der Waals surface area contributed by atoms with Gasteiger partial charge in [-0.2, -0.15) is 0 Å². The first-order valence-corrected chi connectivity index (χ1v) is 7.20. The average molecular weight is 265 g/mol. The lowest BCUT2D eigenvalue weighted by Gasteiger charge is -2.19. The molecular formula is C16H27NO2. The second-order valence-corrected chi connectivity index (χ2v) is 4.60. The highest BCUT2D eigenvalue weighted by atomic mass is 16.5. The molecule has 0 aliphatic carbocycles. The Morgan fingerprint density at radius 3 is 2.68 bits per heavy atom. The highest BCUT2D eigenvalue weighted by molar-refractivity contribution is 5.26. The Labute approximate surface area is 117 Å². The molecule has 3 nitrogen and oxygen atoms in total. The summed E-state index contributed by atoms with van der Waals surface area (Å²) in [5.74, 6) is 0. The molecule has 0 saturated carbocycles. The quantitative estimate of drug-likeness (QED) is 0.660. The summed E-state index contributed by atoms with van der Waals surface area (Å²) in [4.78, 5) is 0. The van der Waals surface area contributed by atoms with Crippen molar-refractivity contribution in [3.8, 4) is 0 Å². The van der Waals surface area contributed by atoms with Gasteiger partial charge in [-0.3, -0.25) is 0 Å². The van der Waals surface area contributed by atoms with Crippen LogP contribution in [0.5, 0.6) is 0 Å². The average Bonchev–Trinajstić information content (AvgIpc) is 2.46. The third-order valence-electron chi connectivity index (χ3n) is 3.19. The first kappa shape index (κ1) is 16.2. The first-order chi connectivity index (χ1) is 9.31. The molecule has 0 aliphatic heterocycles. The standard InChI is InChI=1S/C16H27NO2/c1-4-14-7-6-8-15(13-14)16(17-5-2)9-10-19-12-11-18-3/h6-8,13,16-17H,4-5,9-12H2,1-3H3. The van der Waals surface area contributed by atoms with Crippen LogP contribution >= 0.6 is 0 Å². The lowest BCUT2D eigenvalue weighted by Crippen LogP contribution is -2.22. The maximum Gasteiger partial charge on any atom is 0.0700 e. The minimum Gasteiger partial charge on any atom is -0.382 e. The van der Waals surface area contributed by atoms with Gasteiger partial charge in [-0.15, -0.1) is 0 Å². The van der Waals surface area contributed by atoms with E-state index in [4.69, 9.17) is 9.47 Å². The van der Waals surface area contributed by atoms with Crippen LogP contribution in [-0.4, -0.2) is 33.5 Å². The zero-order valence-electron chi connectivity index (χ0n) is 12.4. The number of hydrogen-bond acceptors (Lipinski definition) is 3. The van der Waals surface area contributed by atoms with Gasteiger partial charge in [0.15, 0.2) is 0 Å². The van der Waals surface area contributed by atoms with Crippen molar-refractivity contribution >= 4 is 0 Å². The molecule has 0 spiro atoms. The number of methoxy groups -OCH3 is 1. The summed E-state index contributed by atoms with van der Waals surface area (Å²) in [5, 5.41) is 3.53. The van der Waals surface area contributed by atoms with Crippen LogP contribution in [0, 0.1) is 0 Å². The van der Waals surface area contributed by atoms with E-state index in [0.717, 1.165) is 26.0 Å². The van der Waals surface area contributed by atoms with E-state index in [1.807, 2.05) is 0 Å². The Hall–Kier alpha value is -0.900. The molecule has 108 valence electrons. The third kappa shape index (κ3) is 6.19. The Morgan fingerprint density at radius 1 is 1.16 bits per heavy atom. The summed E-state index contributed by atoms with van der Waals surface area (Å²) in [7, 11) is 1.70. The molecule has 19 heavy (non-hydrogen) atoms. The van der Waals surface area contributed by atoms with Crippen molar-refractivity contribution in [1.29, 1.82) is 0 Å². The van der Waals surface area contributed by atoms with Crippen molar-refractivity contribution in [3.63, 3.8) is 0 Å². The normalized spacial score (nSPS) is 12.6. The highest BCUT2D eigenvalue weighted by Crippen LogP contribution is 2.18. The summed E-state index contributed by atoms with van der Waals surface area (Å²) in [5.41, 5.74) is 2.75. The van der Waals surface area contributed by atoms with Crippen molar-refractivity contribution in [2.45, 2.75) is 32.7 Å². The molecule has 0 heterocycles. The van der Waals surface area contributed by atoms with Gasteiger partial charge in [0.1, 0.15) is 0 Å². The molecule has 1 rings (SSSR count). The minimum atomic E-state index is 0.374. The van der Waals surface area contributed by atoms with E-state index in [1.165, 1.54) is 11.1 Å². The number of ether oxygens (including phenoxy) is 2. The number of benzene rings is 1. The van der Waals surface area contributed by atoms with Crippen molar-refractivity contribution in [3.05, 3.63) is 35.4 Å². The van der Waals surface area contributed by atoms with Crippen LogP contribution in [0.3, 0.4) is 0 Å². The minimum absolute atomic E-state index is 0.374. The molecule has 1 N–H and O–H groups in total. The van der Waals surface area contributed by atoms with Crippen LogP contribution in [0.2, 0.25) is 0 Å². The van der Waals surface area contributed by atoms with Gasteiger partial charge in [-0.25, -0.2) is 0 Å². The van der Waals surface area contributed by atoms with E-state index in [0.29, 0.717) is 19.3 Å². The number of hydrogen-bond donors (Lipinski definition) is 1. The van der Waals surface area contributed by atoms with E-state index < -0.39 is 0 Å². The van der Waals surface area contributed by atoms with Crippen LogP contribution in [0.1, 0.15) is 37.4 Å². The van der Waals surface area contributed by atoms with Crippen LogP contribution in [0.15, 0.2) is 24.3 Å². The lowest BCUT2D eigenvalue weighted by molar-refractivity contribution is 0.0658. The third-order valence-corrected chi connectivity index (χ3v) is 3.19. The Balaban J connectivity index is 2.50. The molecule has 0 aliphatic rings. The number of rotatable bonds is 10. The predicted octanol–water partition coefficient (Wildman–Crippen LogP) is 2.95. The molecule has 1 aromatic carbocycles. The fraction of sp³-hybridized carbons (Fsp3) is 0.625. The van der Waals surface area contributed by atoms with E-state index in [2.05, 4.69) is 43.4 Å². The number of aryl methyl sites for hydroxylation is 1. The molecule has 1 aromatic rings. The smallest absolute Gasteiger partial charge is 0.0700 e. The van der Waals surface area contributed by atoms with E-state index >= 15 is 0 Å². The van der Waals surface area contributed by atoms with Gasteiger partial charge < -0.3 is 14.8 Å². The van der Waals surface area contributed by atoms with Gasteiger partial charge in [-0.05, 0) is 30.5 Å². The predicted molar refractivity (Wildman–Crippen MR) is 79.5 cm³/mol. The van der Waals surface area contributed by atoms with Gasteiger partial charge >= 0.3 is 0 Å². The fourth-order valence-corrected chi connectivity index (χ4v) is 2.11. The fourth-order valence-electron chi connectivity index (χ4n) is 2.11.